The summed E-state index contributed by atoms with van der Waals surface area (Å²) < 4.78 is 63.6. The Balaban J connectivity index is 2.35. The molecular formula is C10H6BrF3N2O3S. The van der Waals surface area contributed by atoms with Gasteiger partial charge in [0.05, 0.1) is 5.69 Å². The van der Waals surface area contributed by atoms with Crippen LogP contribution >= 0.6 is 15.9 Å². The molecule has 2 aromatic rings. The van der Waals surface area contributed by atoms with Gasteiger partial charge in [-0.15, -0.1) is 5.10 Å². The van der Waals surface area contributed by atoms with Gasteiger partial charge in [0.2, 0.25) is 0 Å². The number of benzene rings is 1. The van der Waals surface area contributed by atoms with E-state index < -0.39 is 21.5 Å². The minimum absolute atomic E-state index is 0.0193. The highest BCUT2D eigenvalue weighted by Gasteiger charge is 2.49. The van der Waals surface area contributed by atoms with Crippen LogP contribution in [0.15, 0.2) is 41.0 Å². The minimum Gasteiger partial charge on any atom is -0.352 e. The highest BCUT2D eigenvalue weighted by Crippen LogP contribution is 2.31. The Kier molecular flexibility index (Phi) is 3.78. The van der Waals surface area contributed by atoms with E-state index in [9.17, 15) is 21.6 Å². The third-order valence-electron chi connectivity index (χ3n) is 2.13. The molecule has 0 aliphatic rings. The average Bonchev–Trinajstić information content (AvgIpc) is 2.70. The molecule has 0 aliphatic heterocycles. The lowest BCUT2D eigenvalue weighted by Crippen LogP contribution is -2.28. The van der Waals surface area contributed by atoms with Gasteiger partial charge in [-0.05, 0) is 28.1 Å². The molecule has 0 saturated carbocycles. The number of rotatable bonds is 3. The van der Waals surface area contributed by atoms with Gasteiger partial charge < -0.3 is 4.18 Å². The largest absolute Gasteiger partial charge is 0.534 e. The molecule has 0 atom stereocenters. The van der Waals surface area contributed by atoms with Crippen molar-refractivity contribution in [3.63, 3.8) is 0 Å². The van der Waals surface area contributed by atoms with E-state index in [0.29, 0.717) is 5.69 Å². The van der Waals surface area contributed by atoms with Crippen molar-refractivity contribution in [3.05, 3.63) is 41.0 Å². The highest BCUT2D eigenvalue weighted by molar-refractivity contribution is 9.10. The third kappa shape index (κ3) is 2.96. The second-order valence-electron chi connectivity index (χ2n) is 3.55. The highest BCUT2D eigenvalue weighted by atomic mass is 79.9. The summed E-state index contributed by atoms with van der Waals surface area (Å²) in [7, 11) is -5.75. The lowest BCUT2D eigenvalue weighted by Gasteiger charge is -2.07. The Bertz CT molecular complexity index is 713. The molecule has 0 spiro atoms. The van der Waals surface area contributed by atoms with E-state index in [1.54, 1.807) is 30.3 Å². The van der Waals surface area contributed by atoms with Gasteiger partial charge in [-0.2, -0.15) is 21.6 Å². The zero-order valence-corrected chi connectivity index (χ0v) is 11.9. The normalized spacial score (nSPS) is 12.4. The predicted molar refractivity (Wildman–Crippen MR) is 66.9 cm³/mol. The number of halogens is 4. The second kappa shape index (κ2) is 5.09. The molecule has 0 unspecified atom stereocenters. The summed E-state index contributed by atoms with van der Waals surface area (Å²) >= 11 is 2.89. The zero-order valence-electron chi connectivity index (χ0n) is 9.50. The number of nitrogens with zero attached hydrogens (tertiary/aromatic N) is 2. The Morgan fingerprint density at radius 1 is 1.20 bits per heavy atom. The Morgan fingerprint density at radius 2 is 1.80 bits per heavy atom. The molecule has 10 heteroatoms. The molecule has 1 aromatic heterocycles. The van der Waals surface area contributed by atoms with Crippen LogP contribution in [-0.4, -0.2) is 23.7 Å². The third-order valence-corrected chi connectivity index (χ3v) is 3.62. The fourth-order valence-corrected chi connectivity index (χ4v) is 2.14. The maximum atomic E-state index is 12.2. The first-order valence-electron chi connectivity index (χ1n) is 5.02. The van der Waals surface area contributed by atoms with E-state index in [1.807, 2.05) is 0 Å². The fourth-order valence-electron chi connectivity index (χ4n) is 1.26. The number of hydrogen-bond acceptors (Lipinski definition) is 4. The van der Waals surface area contributed by atoms with Crippen molar-refractivity contribution < 1.29 is 25.8 Å². The molecule has 0 aliphatic carbocycles. The van der Waals surface area contributed by atoms with Crippen molar-refractivity contribution in [2.75, 3.05) is 0 Å². The molecule has 2 rings (SSSR count). The van der Waals surface area contributed by atoms with Crippen LogP contribution in [0, 0.1) is 0 Å². The van der Waals surface area contributed by atoms with Gasteiger partial charge in [0.1, 0.15) is 4.47 Å². The van der Waals surface area contributed by atoms with Crippen LogP contribution in [-0.2, 0) is 10.1 Å². The maximum Gasteiger partial charge on any atom is 0.534 e. The van der Waals surface area contributed by atoms with E-state index in [0.717, 1.165) is 0 Å². The first-order valence-corrected chi connectivity index (χ1v) is 7.22. The second-order valence-corrected chi connectivity index (χ2v) is 5.94. The lowest BCUT2D eigenvalue weighted by atomic mass is 10.3. The summed E-state index contributed by atoms with van der Waals surface area (Å²) in [5.41, 5.74) is -4.98. The van der Waals surface area contributed by atoms with Gasteiger partial charge in [-0.3, -0.25) is 0 Å². The number of para-hydroxylation sites is 1. The molecule has 0 fully saturated rings. The van der Waals surface area contributed by atoms with Gasteiger partial charge in [0, 0.05) is 6.20 Å². The molecule has 0 N–H and O–H groups in total. The molecule has 1 aromatic carbocycles. The predicted octanol–water partition coefficient (Wildman–Crippen LogP) is 2.86. The minimum atomic E-state index is -5.75. The van der Waals surface area contributed by atoms with Crippen molar-refractivity contribution >= 4 is 26.0 Å². The Morgan fingerprint density at radius 3 is 2.35 bits per heavy atom. The summed E-state index contributed by atoms with van der Waals surface area (Å²) in [4.78, 5) is 0. The number of alkyl halides is 3. The number of hydrogen-bond donors (Lipinski definition) is 0. The quantitative estimate of drug-likeness (QED) is 0.615. The molecule has 20 heavy (non-hydrogen) atoms. The molecule has 0 saturated heterocycles. The maximum absolute atomic E-state index is 12.2. The molecule has 0 amide bonds. The van der Waals surface area contributed by atoms with Crippen LogP contribution in [0.25, 0.3) is 5.69 Å². The molecule has 0 bridgehead atoms. The van der Waals surface area contributed by atoms with Crippen LogP contribution in [0.4, 0.5) is 13.2 Å². The summed E-state index contributed by atoms with van der Waals surface area (Å²) in [6.07, 6.45) is 1.29. The van der Waals surface area contributed by atoms with Crippen LogP contribution in [0.5, 0.6) is 5.88 Å². The molecular weight excluding hydrogens is 365 g/mol. The molecule has 0 radical (unpaired) electrons. The monoisotopic (exact) mass is 370 g/mol. The van der Waals surface area contributed by atoms with E-state index >= 15 is 0 Å². The van der Waals surface area contributed by atoms with Crippen LogP contribution in [0.3, 0.4) is 0 Å². The van der Waals surface area contributed by atoms with Gasteiger partial charge in [-0.1, -0.05) is 18.2 Å². The van der Waals surface area contributed by atoms with Crippen LogP contribution < -0.4 is 4.18 Å². The van der Waals surface area contributed by atoms with E-state index in [2.05, 4.69) is 25.2 Å². The summed E-state index contributed by atoms with van der Waals surface area (Å²) in [5, 5.41) is 3.65. The van der Waals surface area contributed by atoms with E-state index in [1.165, 1.54) is 10.9 Å². The van der Waals surface area contributed by atoms with Crippen molar-refractivity contribution in [1.29, 1.82) is 0 Å². The fraction of sp³-hybridized carbons (Fsp3) is 0.100. The smallest absolute Gasteiger partial charge is 0.352 e. The summed E-state index contributed by atoms with van der Waals surface area (Å²) in [5.74, 6) is -0.689. The van der Waals surface area contributed by atoms with Crippen molar-refractivity contribution in [1.82, 2.24) is 9.78 Å². The first-order chi connectivity index (χ1) is 9.21. The van der Waals surface area contributed by atoms with Crippen molar-refractivity contribution in [2.24, 2.45) is 0 Å². The van der Waals surface area contributed by atoms with Gasteiger partial charge in [-0.25, -0.2) is 4.68 Å². The van der Waals surface area contributed by atoms with Gasteiger partial charge >= 0.3 is 15.6 Å². The van der Waals surface area contributed by atoms with Crippen LogP contribution in [0.1, 0.15) is 0 Å². The standard InChI is InChI=1S/C10H6BrF3N2O3S/c11-8-6-16(7-4-2-1-3-5-7)15-9(8)19-20(17,18)10(12,13)14/h1-6H. The first kappa shape index (κ1) is 14.9. The molecule has 108 valence electrons. The van der Waals surface area contributed by atoms with Gasteiger partial charge in [0.25, 0.3) is 5.88 Å². The van der Waals surface area contributed by atoms with E-state index in [4.69, 9.17) is 0 Å². The topological polar surface area (TPSA) is 61.2 Å². The van der Waals surface area contributed by atoms with Crippen LogP contribution in [0.2, 0.25) is 0 Å². The average molecular weight is 371 g/mol. The van der Waals surface area contributed by atoms with Gasteiger partial charge in [0.15, 0.2) is 0 Å². The Hall–Kier alpha value is -1.55. The number of aromatic nitrogens is 2. The SMILES string of the molecule is O=S(=O)(Oc1nn(-c2ccccc2)cc1Br)C(F)(F)F. The van der Waals surface area contributed by atoms with Crippen molar-refractivity contribution in [3.8, 4) is 11.6 Å². The molecule has 5 nitrogen and oxygen atoms in total. The van der Waals surface area contributed by atoms with Crippen molar-refractivity contribution in [2.45, 2.75) is 5.51 Å². The Labute approximate surface area is 120 Å². The lowest BCUT2D eigenvalue weighted by molar-refractivity contribution is -0.0501. The summed E-state index contributed by atoms with van der Waals surface area (Å²) in [6.45, 7) is 0. The summed E-state index contributed by atoms with van der Waals surface area (Å²) in [6, 6.07) is 8.41. The molecule has 1 heterocycles. The van der Waals surface area contributed by atoms with E-state index in [-0.39, 0.29) is 4.47 Å². The zero-order chi connectivity index (χ0) is 15.0.